The van der Waals surface area contributed by atoms with Gasteiger partial charge < -0.3 is 4.90 Å². The summed E-state index contributed by atoms with van der Waals surface area (Å²) in [4.78, 5) is 21.4. The number of nitrogens with zero attached hydrogens (tertiary/aromatic N) is 4. The number of nitroso groups, excluding NO2 is 1. The van der Waals surface area contributed by atoms with Gasteiger partial charge in [0, 0.05) is 25.4 Å². The quantitative estimate of drug-likeness (QED) is 0.434. The highest BCUT2D eigenvalue weighted by atomic mass is 32.1. The lowest BCUT2D eigenvalue weighted by Crippen LogP contribution is -2.14. The van der Waals surface area contributed by atoms with E-state index in [1.807, 2.05) is 23.7 Å². The van der Waals surface area contributed by atoms with Crippen LogP contribution < -0.4 is 0 Å². The summed E-state index contributed by atoms with van der Waals surface area (Å²) in [6.45, 7) is 7.34. The van der Waals surface area contributed by atoms with Crippen LogP contribution in [0.15, 0.2) is 27.7 Å². The van der Waals surface area contributed by atoms with Crippen molar-refractivity contribution in [2.24, 2.45) is 10.2 Å². The van der Waals surface area contributed by atoms with E-state index in [1.165, 1.54) is 11.1 Å². The highest BCUT2D eigenvalue weighted by Crippen LogP contribution is 2.25. The molecule has 0 amide bonds. The summed E-state index contributed by atoms with van der Waals surface area (Å²) in [5.41, 5.74) is 5.34. The fourth-order valence-corrected chi connectivity index (χ4v) is 2.97. The topological polar surface area (TPSA) is 57.9 Å². The number of aryl methyl sites for hydroxylation is 2. The third-order valence-electron chi connectivity index (χ3n) is 3.71. The highest BCUT2D eigenvalue weighted by Gasteiger charge is 2.08. The molecule has 0 aliphatic carbocycles. The van der Waals surface area contributed by atoms with Gasteiger partial charge in [0.1, 0.15) is 6.54 Å². The van der Waals surface area contributed by atoms with Crippen LogP contribution >= 0.6 is 11.3 Å². The van der Waals surface area contributed by atoms with Gasteiger partial charge in [-0.25, -0.2) is 9.98 Å². The zero-order valence-electron chi connectivity index (χ0n) is 14.0. The predicted molar refractivity (Wildman–Crippen MR) is 96.8 cm³/mol. The molecule has 0 bridgehead atoms. The fourth-order valence-electron chi connectivity index (χ4n) is 2.16. The van der Waals surface area contributed by atoms with Crippen molar-refractivity contribution in [1.82, 2.24) is 9.88 Å². The van der Waals surface area contributed by atoms with Gasteiger partial charge in [-0.2, -0.15) is 4.91 Å². The fraction of sp³-hybridized carbons (Fsp3) is 0.412. The monoisotopic (exact) mass is 330 g/mol. The molecule has 122 valence electrons. The Morgan fingerprint density at radius 1 is 1.30 bits per heavy atom. The molecule has 1 aromatic carbocycles. The molecule has 23 heavy (non-hydrogen) atoms. The van der Waals surface area contributed by atoms with E-state index < -0.39 is 0 Å². The van der Waals surface area contributed by atoms with Crippen LogP contribution in [0.25, 0.3) is 0 Å². The molecule has 0 N–H and O–H groups in total. The Kier molecular flexibility index (Phi) is 5.98. The summed E-state index contributed by atoms with van der Waals surface area (Å²) >= 11 is 1.57. The Labute approximate surface area is 141 Å². The van der Waals surface area contributed by atoms with Gasteiger partial charge in [0.2, 0.25) is 0 Å². The highest BCUT2D eigenvalue weighted by molar-refractivity contribution is 7.09. The number of aliphatic imine (C=N–C) groups is 1. The minimum absolute atomic E-state index is 0.146. The standard InChI is InChI=1S/C17H22N4OS/c1-5-21(4)11-18-16-7-12(2)14(6-13(16)3)8-17-20-15(9-19-22)10-23-17/h6-7,10-11H,5,8-9H2,1-4H3/b18-11+. The molecule has 0 aliphatic rings. The maximum absolute atomic E-state index is 10.3. The molecule has 5 nitrogen and oxygen atoms in total. The molecule has 1 aromatic heterocycles. The Morgan fingerprint density at radius 3 is 2.78 bits per heavy atom. The summed E-state index contributed by atoms with van der Waals surface area (Å²) in [5, 5.41) is 5.79. The molecule has 2 rings (SSSR count). The Hall–Kier alpha value is -2.08. The second kappa shape index (κ2) is 7.97. The van der Waals surface area contributed by atoms with Crippen LogP contribution in [0.4, 0.5) is 5.69 Å². The summed E-state index contributed by atoms with van der Waals surface area (Å²) < 4.78 is 0. The van der Waals surface area contributed by atoms with Gasteiger partial charge in [-0.3, -0.25) is 0 Å². The molecule has 0 aliphatic heterocycles. The Bertz CT molecular complexity index is 709. The molecule has 0 spiro atoms. The first-order chi connectivity index (χ1) is 11.0. The molecular formula is C17H22N4OS. The molecule has 0 saturated carbocycles. The number of hydrogen-bond acceptors (Lipinski definition) is 5. The van der Waals surface area contributed by atoms with E-state index in [4.69, 9.17) is 0 Å². The Balaban J connectivity index is 2.18. The van der Waals surface area contributed by atoms with Gasteiger partial charge in [0.25, 0.3) is 0 Å². The zero-order chi connectivity index (χ0) is 16.8. The Morgan fingerprint density at radius 2 is 2.09 bits per heavy atom. The molecule has 0 saturated heterocycles. The van der Waals surface area contributed by atoms with Crippen LogP contribution in [0, 0.1) is 18.8 Å². The molecule has 0 fully saturated rings. The summed E-state index contributed by atoms with van der Waals surface area (Å²) in [7, 11) is 2.01. The van der Waals surface area contributed by atoms with Crippen molar-refractivity contribution < 1.29 is 0 Å². The molecular weight excluding hydrogens is 308 g/mol. The third-order valence-corrected chi connectivity index (χ3v) is 4.61. The lowest BCUT2D eigenvalue weighted by molar-refractivity contribution is 0.552. The molecule has 0 atom stereocenters. The van der Waals surface area contributed by atoms with Crippen molar-refractivity contribution in [3.63, 3.8) is 0 Å². The van der Waals surface area contributed by atoms with Gasteiger partial charge in [-0.15, -0.1) is 11.3 Å². The molecule has 0 unspecified atom stereocenters. The van der Waals surface area contributed by atoms with Crippen molar-refractivity contribution in [3.05, 3.63) is 49.8 Å². The molecule has 6 heteroatoms. The average molecular weight is 330 g/mol. The van der Waals surface area contributed by atoms with E-state index in [-0.39, 0.29) is 6.54 Å². The smallest absolute Gasteiger partial charge is 0.124 e. The van der Waals surface area contributed by atoms with Crippen LogP contribution in [-0.2, 0) is 13.0 Å². The molecule has 1 heterocycles. The van der Waals surface area contributed by atoms with E-state index in [2.05, 4.69) is 48.1 Å². The van der Waals surface area contributed by atoms with Gasteiger partial charge in [0.05, 0.1) is 22.7 Å². The first-order valence-electron chi connectivity index (χ1n) is 7.60. The first-order valence-corrected chi connectivity index (χ1v) is 8.48. The normalized spacial score (nSPS) is 11.1. The van der Waals surface area contributed by atoms with Crippen LogP contribution in [0.2, 0.25) is 0 Å². The number of rotatable bonds is 7. The van der Waals surface area contributed by atoms with Crippen molar-refractivity contribution in [1.29, 1.82) is 0 Å². The summed E-state index contributed by atoms with van der Waals surface area (Å²) in [5.74, 6) is 0. The van der Waals surface area contributed by atoms with Crippen LogP contribution in [0.1, 0.15) is 34.3 Å². The summed E-state index contributed by atoms with van der Waals surface area (Å²) in [6, 6.07) is 4.29. The average Bonchev–Trinajstić information content (AvgIpc) is 2.96. The van der Waals surface area contributed by atoms with E-state index >= 15 is 0 Å². The minimum atomic E-state index is 0.146. The largest absolute Gasteiger partial charge is 0.366 e. The van der Waals surface area contributed by atoms with E-state index in [0.717, 1.165) is 34.9 Å². The number of benzene rings is 1. The van der Waals surface area contributed by atoms with Crippen molar-refractivity contribution in [2.45, 2.75) is 33.7 Å². The lowest BCUT2D eigenvalue weighted by Gasteiger charge is -2.11. The van der Waals surface area contributed by atoms with Crippen molar-refractivity contribution in [2.75, 3.05) is 13.6 Å². The van der Waals surface area contributed by atoms with Crippen LogP contribution in [0.3, 0.4) is 0 Å². The third kappa shape index (κ3) is 4.69. The van der Waals surface area contributed by atoms with E-state index in [1.54, 1.807) is 11.3 Å². The maximum Gasteiger partial charge on any atom is 0.124 e. The lowest BCUT2D eigenvalue weighted by atomic mass is 10.0. The predicted octanol–water partition coefficient (Wildman–Crippen LogP) is 4.23. The van der Waals surface area contributed by atoms with Gasteiger partial charge in [0.15, 0.2) is 0 Å². The number of thiazole rings is 1. The van der Waals surface area contributed by atoms with Gasteiger partial charge in [-0.1, -0.05) is 11.2 Å². The molecule has 2 aromatic rings. The number of hydrogen-bond donors (Lipinski definition) is 0. The van der Waals surface area contributed by atoms with Crippen molar-refractivity contribution in [3.8, 4) is 0 Å². The minimum Gasteiger partial charge on any atom is -0.366 e. The second-order valence-electron chi connectivity index (χ2n) is 5.58. The van der Waals surface area contributed by atoms with E-state index in [0.29, 0.717) is 0 Å². The van der Waals surface area contributed by atoms with Crippen LogP contribution in [-0.4, -0.2) is 29.8 Å². The van der Waals surface area contributed by atoms with Gasteiger partial charge >= 0.3 is 0 Å². The van der Waals surface area contributed by atoms with Gasteiger partial charge in [-0.05, 0) is 43.5 Å². The summed E-state index contributed by atoms with van der Waals surface area (Å²) in [6.07, 6.45) is 2.63. The van der Waals surface area contributed by atoms with E-state index in [9.17, 15) is 4.91 Å². The second-order valence-corrected chi connectivity index (χ2v) is 6.52. The maximum atomic E-state index is 10.3. The van der Waals surface area contributed by atoms with Crippen LogP contribution in [0.5, 0.6) is 0 Å². The molecule has 0 radical (unpaired) electrons. The SMILES string of the molecule is CCN(C)/C=N/c1cc(C)c(Cc2nc(CN=O)cs2)cc1C. The van der Waals surface area contributed by atoms with Crippen molar-refractivity contribution >= 4 is 23.4 Å². The first kappa shape index (κ1) is 17.3. The zero-order valence-corrected chi connectivity index (χ0v) is 14.9. The number of aromatic nitrogens is 1.